The van der Waals surface area contributed by atoms with Gasteiger partial charge in [0.25, 0.3) is 0 Å². The Morgan fingerprint density at radius 1 is 1.30 bits per heavy atom. The highest BCUT2D eigenvalue weighted by Crippen LogP contribution is 2.36. The van der Waals surface area contributed by atoms with Crippen LogP contribution in [0.3, 0.4) is 0 Å². The zero-order chi connectivity index (χ0) is 15.1. The van der Waals surface area contributed by atoms with Crippen molar-refractivity contribution in [3.8, 4) is 0 Å². The third-order valence-corrected chi connectivity index (χ3v) is 3.04. The van der Waals surface area contributed by atoms with Crippen molar-refractivity contribution in [2.45, 2.75) is 38.0 Å². The normalized spacial score (nSPS) is 15.3. The summed E-state index contributed by atoms with van der Waals surface area (Å²) in [5.41, 5.74) is 0. The summed E-state index contributed by atoms with van der Waals surface area (Å²) in [6.07, 6.45) is -4.44. The van der Waals surface area contributed by atoms with Gasteiger partial charge in [0.2, 0.25) is 0 Å². The highest BCUT2D eigenvalue weighted by Gasteiger charge is 2.64. The molecular formula is C10H11F5N4O. The number of amides is 1. The Hall–Kier alpha value is -1.74. The number of hydrogen-bond donors (Lipinski definition) is 0. The van der Waals surface area contributed by atoms with Gasteiger partial charge in [-0.2, -0.15) is 22.0 Å². The molecule has 0 bridgehead atoms. The van der Waals surface area contributed by atoms with Crippen molar-refractivity contribution in [3.63, 3.8) is 0 Å². The van der Waals surface area contributed by atoms with Crippen LogP contribution in [0.1, 0.15) is 18.1 Å². The Kier molecular flexibility index (Phi) is 3.42. The first kappa shape index (κ1) is 14.7. The molecule has 1 aliphatic rings. The maximum atomic E-state index is 12.9. The van der Waals surface area contributed by atoms with Crippen molar-refractivity contribution in [3.05, 3.63) is 11.6 Å². The van der Waals surface area contributed by atoms with Gasteiger partial charge >= 0.3 is 18.0 Å². The molecule has 0 spiro atoms. The Labute approximate surface area is 110 Å². The molecule has 0 atom stereocenters. The monoisotopic (exact) mass is 298 g/mol. The Morgan fingerprint density at radius 3 is 2.55 bits per heavy atom. The van der Waals surface area contributed by atoms with Gasteiger partial charge in [0.05, 0.1) is 6.54 Å². The average Bonchev–Trinajstić information content (AvgIpc) is 2.91. The van der Waals surface area contributed by atoms with Crippen LogP contribution in [-0.4, -0.2) is 44.7 Å². The molecule has 0 unspecified atom stereocenters. The van der Waals surface area contributed by atoms with Gasteiger partial charge in [-0.1, -0.05) is 0 Å². The highest BCUT2D eigenvalue weighted by molar-refractivity contribution is 5.84. The van der Waals surface area contributed by atoms with E-state index in [0.29, 0.717) is 23.7 Å². The largest absolute Gasteiger partial charge is 0.463 e. The zero-order valence-electron chi connectivity index (χ0n) is 10.4. The summed E-state index contributed by atoms with van der Waals surface area (Å²) in [6.45, 7) is 0.118. The molecule has 0 N–H and O–H groups in total. The van der Waals surface area contributed by atoms with Crippen molar-refractivity contribution in [1.82, 2.24) is 19.7 Å². The van der Waals surface area contributed by atoms with E-state index in [0.717, 1.165) is 13.5 Å². The minimum absolute atomic E-state index is 0.200. The number of fused-ring (bicyclic) bond motifs is 1. The van der Waals surface area contributed by atoms with E-state index in [2.05, 4.69) is 10.2 Å². The first-order valence-electron chi connectivity index (χ1n) is 5.75. The van der Waals surface area contributed by atoms with Crippen LogP contribution in [0.5, 0.6) is 0 Å². The molecule has 112 valence electrons. The predicted molar refractivity (Wildman–Crippen MR) is 55.8 cm³/mol. The molecule has 5 nitrogen and oxygen atoms in total. The lowest BCUT2D eigenvalue weighted by molar-refractivity contribution is -0.274. The van der Waals surface area contributed by atoms with Crippen molar-refractivity contribution in [2.24, 2.45) is 0 Å². The number of hydrogen-bond acceptors (Lipinski definition) is 3. The Balaban J connectivity index is 2.12. The minimum Gasteiger partial charge on any atom is -0.333 e. The molecule has 2 heterocycles. The molecule has 20 heavy (non-hydrogen) atoms. The summed E-state index contributed by atoms with van der Waals surface area (Å²) in [6, 6.07) is 0. The molecule has 1 aromatic rings. The van der Waals surface area contributed by atoms with E-state index >= 15 is 0 Å². The standard InChI is InChI=1S/C10H11F5N4O/c1-18(8(20)9(11,12)10(13,14)15)5-7-17-16-6-3-2-4-19(6)7/h2-5H2,1H3. The molecule has 0 saturated heterocycles. The maximum absolute atomic E-state index is 12.9. The van der Waals surface area contributed by atoms with Gasteiger partial charge in [-0.15, -0.1) is 10.2 Å². The molecule has 1 aliphatic heterocycles. The van der Waals surface area contributed by atoms with Gasteiger partial charge in [-0.3, -0.25) is 4.79 Å². The fourth-order valence-corrected chi connectivity index (χ4v) is 1.97. The second-order valence-corrected chi connectivity index (χ2v) is 4.52. The maximum Gasteiger partial charge on any atom is 0.463 e. The molecule has 0 aromatic carbocycles. The molecule has 1 amide bonds. The zero-order valence-corrected chi connectivity index (χ0v) is 10.4. The summed E-state index contributed by atoms with van der Waals surface area (Å²) in [5.74, 6) is -6.87. The van der Waals surface area contributed by atoms with Crippen LogP contribution in [0.15, 0.2) is 0 Å². The summed E-state index contributed by atoms with van der Waals surface area (Å²) in [7, 11) is 0.874. The summed E-state index contributed by atoms with van der Waals surface area (Å²) < 4.78 is 63.8. The third-order valence-electron chi connectivity index (χ3n) is 3.04. The number of carbonyl (C=O) groups excluding carboxylic acids is 1. The van der Waals surface area contributed by atoms with Crippen molar-refractivity contribution >= 4 is 5.91 Å². The number of halogens is 5. The topological polar surface area (TPSA) is 51.0 Å². The van der Waals surface area contributed by atoms with E-state index in [4.69, 9.17) is 0 Å². The Morgan fingerprint density at radius 2 is 1.95 bits per heavy atom. The summed E-state index contributed by atoms with van der Waals surface area (Å²) in [4.78, 5) is 11.5. The number of rotatable bonds is 3. The van der Waals surface area contributed by atoms with Crippen molar-refractivity contribution < 1.29 is 26.7 Å². The van der Waals surface area contributed by atoms with Gasteiger partial charge in [-0.25, -0.2) is 0 Å². The quantitative estimate of drug-likeness (QED) is 0.792. The number of aromatic nitrogens is 3. The molecule has 1 aromatic heterocycles. The van der Waals surface area contributed by atoms with Gasteiger partial charge in [0, 0.05) is 20.0 Å². The fraction of sp³-hybridized carbons (Fsp3) is 0.700. The van der Waals surface area contributed by atoms with Crippen molar-refractivity contribution in [1.29, 1.82) is 0 Å². The first-order valence-corrected chi connectivity index (χ1v) is 5.75. The number of alkyl halides is 5. The number of nitrogens with zero attached hydrogens (tertiary/aromatic N) is 4. The molecule has 0 radical (unpaired) electrons. The smallest absolute Gasteiger partial charge is 0.333 e. The van der Waals surface area contributed by atoms with E-state index < -0.39 is 24.6 Å². The third kappa shape index (κ3) is 2.34. The number of carbonyl (C=O) groups is 1. The molecule has 0 saturated carbocycles. The molecule has 0 fully saturated rings. The van der Waals surface area contributed by atoms with Gasteiger partial charge in [0.1, 0.15) is 5.82 Å². The van der Waals surface area contributed by atoms with Crippen LogP contribution in [0.4, 0.5) is 22.0 Å². The fourth-order valence-electron chi connectivity index (χ4n) is 1.97. The van der Waals surface area contributed by atoms with Crippen molar-refractivity contribution in [2.75, 3.05) is 7.05 Å². The van der Waals surface area contributed by atoms with E-state index in [1.807, 2.05) is 0 Å². The number of aryl methyl sites for hydroxylation is 1. The van der Waals surface area contributed by atoms with E-state index in [1.165, 1.54) is 0 Å². The van der Waals surface area contributed by atoms with Gasteiger partial charge in [0.15, 0.2) is 5.82 Å². The van der Waals surface area contributed by atoms with Gasteiger partial charge in [-0.05, 0) is 6.42 Å². The predicted octanol–water partition coefficient (Wildman–Crippen LogP) is 1.38. The molecule has 10 heteroatoms. The SMILES string of the molecule is CN(Cc1nnc2n1CCC2)C(=O)C(F)(F)C(F)(F)F. The summed E-state index contributed by atoms with van der Waals surface area (Å²) >= 11 is 0. The van der Waals surface area contributed by atoms with Crippen LogP contribution in [0, 0.1) is 0 Å². The first-order chi connectivity index (χ1) is 9.14. The van der Waals surface area contributed by atoms with Crippen LogP contribution >= 0.6 is 0 Å². The van der Waals surface area contributed by atoms with Crippen LogP contribution < -0.4 is 0 Å². The van der Waals surface area contributed by atoms with E-state index in [9.17, 15) is 26.7 Å². The molecule has 0 aliphatic carbocycles. The van der Waals surface area contributed by atoms with Gasteiger partial charge < -0.3 is 9.47 Å². The minimum atomic E-state index is -5.91. The Bertz CT molecular complexity index is 524. The lowest BCUT2D eigenvalue weighted by Crippen LogP contribution is -2.50. The second-order valence-electron chi connectivity index (χ2n) is 4.52. The van der Waals surface area contributed by atoms with Crippen LogP contribution in [-0.2, 0) is 24.3 Å². The van der Waals surface area contributed by atoms with Crippen LogP contribution in [0.25, 0.3) is 0 Å². The van der Waals surface area contributed by atoms with E-state index in [1.54, 1.807) is 4.57 Å². The average molecular weight is 298 g/mol. The molecular weight excluding hydrogens is 287 g/mol. The lowest BCUT2D eigenvalue weighted by Gasteiger charge is -2.24. The lowest BCUT2D eigenvalue weighted by atomic mass is 10.3. The van der Waals surface area contributed by atoms with Crippen LogP contribution in [0.2, 0.25) is 0 Å². The summed E-state index contributed by atoms with van der Waals surface area (Å²) in [5, 5.41) is 7.48. The second kappa shape index (κ2) is 4.67. The highest BCUT2D eigenvalue weighted by atomic mass is 19.4. The van der Waals surface area contributed by atoms with E-state index in [-0.39, 0.29) is 5.82 Å². The molecule has 2 rings (SSSR count).